The molecule has 1 aromatic heterocycles. The van der Waals surface area contributed by atoms with Crippen molar-refractivity contribution in [1.82, 2.24) is 9.78 Å². The minimum atomic E-state index is -4.76. The van der Waals surface area contributed by atoms with E-state index >= 15 is 0 Å². The van der Waals surface area contributed by atoms with Crippen molar-refractivity contribution in [2.45, 2.75) is 24.2 Å². The van der Waals surface area contributed by atoms with Crippen LogP contribution in [0.1, 0.15) is 18.1 Å². The van der Waals surface area contributed by atoms with Gasteiger partial charge in [-0.1, -0.05) is 13.0 Å². The molecule has 0 N–H and O–H groups in total. The molecule has 0 fully saturated rings. The zero-order chi connectivity index (χ0) is 20.9. The van der Waals surface area contributed by atoms with Gasteiger partial charge in [0, 0.05) is 11.6 Å². The van der Waals surface area contributed by atoms with E-state index in [1.54, 1.807) is 0 Å². The highest BCUT2D eigenvalue weighted by molar-refractivity contribution is 7.91. The molecule has 0 aliphatic heterocycles. The summed E-state index contributed by atoms with van der Waals surface area (Å²) in [5.41, 5.74) is -2.35. The maximum Gasteiger partial charge on any atom is 0.416 e. The maximum absolute atomic E-state index is 13.0. The third-order valence-electron chi connectivity index (χ3n) is 4.08. The van der Waals surface area contributed by atoms with Crippen molar-refractivity contribution in [2.75, 3.05) is 5.75 Å². The molecule has 0 amide bonds. The molecule has 0 saturated heterocycles. The lowest BCUT2D eigenvalue weighted by atomic mass is 10.1. The number of fused-ring (bicyclic) bond motifs is 1. The van der Waals surface area contributed by atoms with E-state index in [4.69, 9.17) is 0 Å². The number of hydrogen-bond acceptors (Lipinski definition) is 3. The minimum absolute atomic E-state index is 0.0745. The molecule has 4 nitrogen and oxygen atoms in total. The van der Waals surface area contributed by atoms with Crippen molar-refractivity contribution >= 4 is 20.7 Å². The van der Waals surface area contributed by atoms with Gasteiger partial charge in [0.1, 0.15) is 0 Å². The van der Waals surface area contributed by atoms with Crippen LogP contribution < -0.4 is 0 Å². The summed E-state index contributed by atoms with van der Waals surface area (Å²) in [5, 5.41) is 4.20. The number of hydrogen-bond donors (Lipinski definition) is 0. The summed E-state index contributed by atoms with van der Waals surface area (Å²) in [6, 6.07) is 4.90. The minimum Gasteiger partial charge on any atom is -0.238 e. The Hall–Kier alpha value is -2.56. The summed E-state index contributed by atoms with van der Waals surface area (Å²) in [6.07, 6.45) is -8.09. The Morgan fingerprint density at radius 2 is 1.50 bits per heavy atom. The molecule has 3 aromatic rings. The molecule has 3 rings (SSSR count). The van der Waals surface area contributed by atoms with Crippen molar-refractivity contribution in [3.8, 4) is 5.69 Å². The lowest BCUT2D eigenvalue weighted by Crippen LogP contribution is -2.13. The maximum atomic E-state index is 13.0. The first-order chi connectivity index (χ1) is 12.8. The van der Waals surface area contributed by atoms with Gasteiger partial charge in [-0.15, -0.1) is 0 Å². The Bertz CT molecular complexity index is 1150. The molecular weight excluding hydrogens is 410 g/mol. The largest absolute Gasteiger partial charge is 0.416 e. The van der Waals surface area contributed by atoms with Crippen LogP contribution in [0.3, 0.4) is 0 Å². The van der Waals surface area contributed by atoms with Crippen LogP contribution in [0.5, 0.6) is 0 Å². The molecule has 0 unspecified atom stereocenters. The van der Waals surface area contributed by atoms with Crippen LogP contribution in [0, 0.1) is 0 Å². The molecular formula is C17H12F6N2O2S. The Balaban J connectivity index is 2.23. The van der Waals surface area contributed by atoms with Crippen LogP contribution >= 0.6 is 0 Å². The quantitative estimate of drug-likeness (QED) is 0.567. The molecule has 0 atom stereocenters. The first-order valence-corrected chi connectivity index (χ1v) is 9.49. The first kappa shape index (κ1) is 20.2. The fourth-order valence-corrected chi connectivity index (χ4v) is 3.70. The number of alkyl halides is 6. The van der Waals surface area contributed by atoms with Crippen LogP contribution in [0.4, 0.5) is 26.3 Å². The van der Waals surface area contributed by atoms with E-state index in [-0.39, 0.29) is 16.6 Å². The van der Waals surface area contributed by atoms with Gasteiger partial charge in [0.2, 0.25) is 0 Å². The van der Waals surface area contributed by atoms with Crippen molar-refractivity contribution in [3.63, 3.8) is 0 Å². The molecule has 11 heteroatoms. The highest BCUT2D eigenvalue weighted by Gasteiger charge is 2.33. The molecule has 0 radical (unpaired) electrons. The van der Waals surface area contributed by atoms with Gasteiger partial charge in [0.25, 0.3) is 0 Å². The van der Waals surface area contributed by atoms with Crippen LogP contribution in [-0.4, -0.2) is 24.0 Å². The van der Waals surface area contributed by atoms with Gasteiger partial charge in [0.15, 0.2) is 9.84 Å². The number of sulfone groups is 1. The molecule has 0 bridgehead atoms. The third-order valence-corrected chi connectivity index (χ3v) is 5.84. The van der Waals surface area contributed by atoms with Crippen molar-refractivity contribution in [1.29, 1.82) is 0 Å². The van der Waals surface area contributed by atoms with E-state index in [0.29, 0.717) is 12.1 Å². The molecule has 150 valence electrons. The van der Waals surface area contributed by atoms with Crippen molar-refractivity contribution < 1.29 is 34.8 Å². The van der Waals surface area contributed by atoms with Gasteiger partial charge < -0.3 is 0 Å². The number of halogens is 6. The first-order valence-electron chi connectivity index (χ1n) is 7.84. The normalized spacial score (nSPS) is 13.2. The average molecular weight is 422 g/mol. The highest BCUT2D eigenvalue weighted by Crippen LogP contribution is 2.34. The molecule has 0 aliphatic carbocycles. The molecule has 0 spiro atoms. The monoisotopic (exact) mass is 422 g/mol. The summed E-state index contributed by atoms with van der Waals surface area (Å²) in [4.78, 5) is -0.603. The topological polar surface area (TPSA) is 52.0 Å². The van der Waals surface area contributed by atoms with E-state index in [2.05, 4.69) is 5.10 Å². The Morgan fingerprint density at radius 3 is 2.07 bits per heavy atom. The number of benzene rings is 2. The molecule has 2 aromatic carbocycles. The summed E-state index contributed by atoms with van der Waals surface area (Å²) < 4.78 is 103. The predicted octanol–water partition coefficient (Wildman–Crippen LogP) is 4.86. The lowest BCUT2D eigenvalue weighted by Gasteiger charge is -2.13. The number of rotatable bonds is 3. The third kappa shape index (κ3) is 3.71. The summed E-state index contributed by atoms with van der Waals surface area (Å²) in [6.45, 7) is 1.27. The van der Waals surface area contributed by atoms with Crippen molar-refractivity contribution in [2.24, 2.45) is 0 Å². The summed E-state index contributed by atoms with van der Waals surface area (Å²) >= 11 is 0. The second-order valence-electron chi connectivity index (χ2n) is 5.93. The second kappa shape index (κ2) is 6.50. The SMILES string of the molecule is CCS(=O)(=O)c1cc(C(F)(F)F)ccc1-n1cc2ccc(C(F)(F)F)cc2n1. The smallest absolute Gasteiger partial charge is 0.238 e. The fourth-order valence-electron chi connectivity index (χ4n) is 2.60. The lowest BCUT2D eigenvalue weighted by molar-refractivity contribution is -0.138. The number of nitrogens with zero attached hydrogens (tertiary/aromatic N) is 2. The van der Waals surface area contributed by atoms with Gasteiger partial charge in [-0.25, -0.2) is 13.1 Å². The van der Waals surface area contributed by atoms with Gasteiger partial charge in [-0.05, 0) is 30.3 Å². The average Bonchev–Trinajstić information content (AvgIpc) is 3.02. The second-order valence-corrected chi connectivity index (χ2v) is 8.18. The van der Waals surface area contributed by atoms with E-state index < -0.39 is 44.0 Å². The molecule has 0 saturated carbocycles. The Labute approximate surface area is 155 Å². The number of aromatic nitrogens is 2. The Kier molecular flexibility index (Phi) is 4.69. The van der Waals surface area contributed by atoms with Crippen LogP contribution in [0.15, 0.2) is 47.5 Å². The molecule has 1 heterocycles. The van der Waals surface area contributed by atoms with Crippen LogP contribution in [-0.2, 0) is 22.2 Å². The molecule has 28 heavy (non-hydrogen) atoms. The van der Waals surface area contributed by atoms with Gasteiger partial charge >= 0.3 is 12.4 Å². The van der Waals surface area contributed by atoms with Crippen LogP contribution in [0.2, 0.25) is 0 Å². The molecule has 0 aliphatic rings. The highest BCUT2D eigenvalue weighted by atomic mass is 32.2. The fraction of sp³-hybridized carbons (Fsp3) is 0.235. The standard InChI is InChI=1S/C17H12F6N2O2S/c1-2-28(26,27)15-8-12(17(21,22)23)5-6-14(15)25-9-10-3-4-11(16(18,19)20)7-13(10)24-25/h3-9H,2H2,1H3. The Morgan fingerprint density at radius 1 is 0.929 bits per heavy atom. The zero-order valence-corrected chi connectivity index (χ0v) is 15.0. The van der Waals surface area contributed by atoms with E-state index in [9.17, 15) is 34.8 Å². The predicted molar refractivity (Wildman–Crippen MR) is 88.8 cm³/mol. The van der Waals surface area contributed by atoms with Gasteiger partial charge in [-0.3, -0.25) is 0 Å². The van der Waals surface area contributed by atoms with Gasteiger partial charge in [0.05, 0.1) is 33.0 Å². The van der Waals surface area contributed by atoms with E-state index in [0.717, 1.165) is 28.9 Å². The van der Waals surface area contributed by atoms with E-state index in [1.165, 1.54) is 13.1 Å². The summed E-state index contributed by atoms with van der Waals surface area (Å²) in [5.74, 6) is -0.458. The van der Waals surface area contributed by atoms with Crippen molar-refractivity contribution in [3.05, 3.63) is 53.7 Å². The van der Waals surface area contributed by atoms with Crippen LogP contribution in [0.25, 0.3) is 16.6 Å². The summed E-state index contributed by atoms with van der Waals surface area (Å²) in [7, 11) is -4.07. The van der Waals surface area contributed by atoms with E-state index in [1.807, 2.05) is 0 Å². The zero-order valence-electron chi connectivity index (χ0n) is 14.1. The van der Waals surface area contributed by atoms with Gasteiger partial charge in [-0.2, -0.15) is 31.4 Å².